The van der Waals surface area contributed by atoms with Crippen LogP contribution in [0, 0.1) is 12.7 Å². The van der Waals surface area contributed by atoms with Crippen LogP contribution >= 0.6 is 22.7 Å². The van der Waals surface area contributed by atoms with E-state index in [2.05, 4.69) is 84.9 Å². The number of hydrogen-bond acceptors (Lipinski definition) is 6. The average molecular weight is 822 g/mol. The smallest absolute Gasteiger partial charge is 0.262 e. The Kier molecular flexibility index (Phi) is 12.4. The second-order valence-electron chi connectivity index (χ2n) is 13.9. The lowest BCUT2D eigenvalue weighted by molar-refractivity contribution is 0.434. The second kappa shape index (κ2) is 18.7. The molecular weight excluding hydrogens is 782 g/mol. The highest BCUT2D eigenvalue weighted by molar-refractivity contribution is 7.19. The number of thiophene rings is 2. The Hall–Kier alpha value is -7.00. The van der Waals surface area contributed by atoms with Gasteiger partial charge in [-0.2, -0.15) is 0 Å². The molecule has 0 spiro atoms. The first kappa shape index (κ1) is 39.8. The number of aliphatic imine (C=N–C) groups is 1. The van der Waals surface area contributed by atoms with Gasteiger partial charge in [-0.05, 0) is 72.9 Å². The van der Waals surface area contributed by atoms with Gasteiger partial charge in [0.2, 0.25) is 0 Å². The molecule has 0 aliphatic heterocycles. The highest BCUT2D eigenvalue weighted by atomic mass is 32.1. The van der Waals surface area contributed by atoms with Gasteiger partial charge in [0.15, 0.2) is 11.6 Å². The zero-order chi connectivity index (χ0) is 41.3. The Morgan fingerprint density at radius 2 is 1.15 bits per heavy atom. The molecule has 3 aromatic heterocycles. The van der Waals surface area contributed by atoms with Crippen molar-refractivity contribution in [2.75, 3.05) is 0 Å². The van der Waals surface area contributed by atoms with Crippen LogP contribution in [-0.4, -0.2) is 20.4 Å². The molecule has 8 heteroatoms. The summed E-state index contributed by atoms with van der Waals surface area (Å²) in [6.07, 6.45) is 1.02. The maximum atomic E-state index is 14.2. The zero-order valence-corrected chi connectivity index (χ0v) is 34.4. The van der Waals surface area contributed by atoms with E-state index >= 15 is 0 Å². The molecule has 3 heterocycles. The van der Waals surface area contributed by atoms with Crippen molar-refractivity contribution in [1.82, 2.24) is 9.55 Å². The fourth-order valence-corrected chi connectivity index (χ4v) is 8.89. The van der Waals surface area contributed by atoms with Gasteiger partial charge in [0.25, 0.3) is 5.56 Å². The molecule has 0 aliphatic rings. The number of nitrogens with zero attached hydrogens (tertiary/aromatic N) is 3. The summed E-state index contributed by atoms with van der Waals surface area (Å²) >= 11 is 3.23. The van der Waals surface area contributed by atoms with E-state index < -0.39 is 11.6 Å². The highest BCUT2D eigenvalue weighted by Crippen LogP contribution is 2.35. The maximum Gasteiger partial charge on any atom is 0.262 e. The summed E-state index contributed by atoms with van der Waals surface area (Å²) < 4.78 is 15.8. The number of phenols is 1. The number of rotatable bonds is 10. The molecule has 0 amide bonds. The number of aryl methyl sites for hydroxylation is 2. The molecular formula is C52H40FN3O2S2. The molecule has 294 valence electrons. The number of phenolic OH excluding ortho intramolecular Hbond substituents is 1. The van der Waals surface area contributed by atoms with E-state index in [0.29, 0.717) is 29.9 Å². The van der Waals surface area contributed by atoms with E-state index in [-0.39, 0.29) is 11.1 Å². The molecule has 6 aromatic carbocycles. The first-order chi connectivity index (χ1) is 29.4. The minimum atomic E-state index is -0.745. The number of aromatic nitrogens is 2. The van der Waals surface area contributed by atoms with Gasteiger partial charge in [0, 0.05) is 32.0 Å². The number of hydrogen-bond donors (Lipinski definition) is 1. The molecule has 0 fully saturated rings. The van der Waals surface area contributed by atoms with Gasteiger partial charge in [-0.3, -0.25) is 9.36 Å². The lowest BCUT2D eigenvalue weighted by atomic mass is 9.99. The second-order valence-corrected chi connectivity index (χ2v) is 16.1. The fourth-order valence-electron chi connectivity index (χ4n) is 6.94. The first-order valence-corrected chi connectivity index (χ1v) is 21.2. The molecule has 0 atom stereocenters. The van der Waals surface area contributed by atoms with Crippen molar-refractivity contribution in [1.29, 1.82) is 0 Å². The van der Waals surface area contributed by atoms with Crippen LogP contribution in [0.15, 0.2) is 204 Å². The third-order valence-corrected chi connectivity index (χ3v) is 12.1. The third kappa shape index (κ3) is 9.16. The van der Waals surface area contributed by atoms with Gasteiger partial charge >= 0.3 is 0 Å². The lowest BCUT2D eigenvalue weighted by Crippen LogP contribution is -2.26. The number of benzene rings is 6. The molecule has 1 N–H and O–H groups in total. The monoisotopic (exact) mass is 821 g/mol. The predicted molar refractivity (Wildman–Crippen MR) is 247 cm³/mol. The minimum Gasteiger partial charge on any atom is -0.504 e. The minimum absolute atomic E-state index is 0.214. The van der Waals surface area contributed by atoms with E-state index in [1.807, 2.05) is 91.0 Å². The summed E-state index contributed by atoms with van der Waals surface area (Å²) in [5, 5.41) is 12.2. The van der Waals surface area contributed by atoms with Crippen LogP contribution in [0.1, 0.15) is 28.1 Å². The SMILES string of the molecule is Cc1nc(-c2cccc(F)c2O)c(CCc2ccccc2)c(=O)n1-c1ccc(-c2ccccc2)s1.c1ccc(C(=Nc2ccc(-c3ccccc3)s2)c2ccccc2)cc1. The molecule has 60 heavy (non-hydrogen) atoms. The molecule has 0 radical (unpaired) electrons. The predicted octanol–water partition coefficient (Wildman–Crippen LogP) is 13.2. The Morgan fingerprint density at radius 3 is 1.75 bits per heavy atom. The summed E-state index contributed by atoms with van der Waals surface area (Å²) in [5.41, 5.74) is 7.41. The summed E-state index contributed by atoms with van der Waals surface area (Å²) in [6, 6.07) is 63.5. The van der Waals surface area contributed by atoms with E-state index in [1.54, 1.807) is 28.9 Å². The third-order valence-electron chi connectivity index (χ3n) is 9.93. The summed E-state index contributed by atoms with van der Waals surface area (Å²) in [6.45, 7) is 1.75. The molecule has 5 nitrogen and oxygen atoms in total. The van der Waals surface area contributed by atoms with Crippen molar-refractivity contribution in [2.45, 2.75) is 19.8 Å². The highest BCUT2D eigenvalue weighted by Gasteiger charge is 2.21. The molecule has 9 rings (SSSR count). The van der Waals surface area contributed by atoms with Gasteiger partial charge in [0.05, 0.1) is 11.4 Å². The van der Waals surface area contributed by atoms with Crippen molar-refractivity contribution < 1.29 is 9.50 Å². The van der Waals surface area contributed by atoms with Crippen LogP contribution in [0.5, 0.6) is 5.75 Å². The van der Waals surface area contributed by atoms with E-state index in [0.717, 1.165) is 42.8 Å². The van der Waals surface area contributed by atoms with Gasteiger partial charge in [-0.25, -0.2) is 14.4 Å². The van der Waals surface area contributed by atoms with Crippen LogP contribution in [0.2, 0.25) is 0 Å². The summed E-state index contributed by atoms with van der Waals surface area (Å²) in [5.74, 6) is -0.774. The van der Waals surface area contributed by atoms with Gasteiger partial charge in [0.1, 0.15) is 15.8 Å². The van der Waals surface area contributed by atoms with E-state index in [1.165, 1.54) is 33.9 Å². The first-order valence-electron chi connectivity index (χ1n) is 19.6. The Morgan fingerprint density at radius 1 is 0.617 bits per heavy atom. The largest absolute Gasteiger partial charge is 0.504 e. The molecule has 0 unspecified atom stereocenters. The Balaban J connectivity index is 0.000000176. The number of halogens is 1. The molecule has 0 bridgehead atoms. The van der Waals surface area contributed by atoms with Crippen molar-refractivity contribution in [2.24, 2.45) is 4.99 Å². The van der Waals surface area contributed by atoms with E-state index in [9.17, 15) is 14.3 Å². The topological polar surface area (TPSA) is 67.5 Å². The standard InChI is InChI=1S/C29H23FN2O2S.C23H17NS/c1-19-31-27(22-13-8-14-24(30)28(22)33)23(16-15-20-9-4-2-5-10-20)29(34)32(19)26-18-17-25(35-26)21-11-6-3-7-12-21;1-4-10-18(11-5-1)21-16-17-22(25-21)24-23(19-12-6-2-7-13-19)20-14-8-3-9-15-20/h2-14,17-18,33H,15-16H2,1H3;1-17H. The van der Waals surface area contributed by atoms with Gasteiger partial charge in [-0.1, -0.05) is 158 Å². The van der Waals surface area contributed by atoms with Crippen LogP contribution in [0.4, 0.5) is 9.39 Å². The fraction of sp³-hybridized carbons (Fsp3) is 0.0577. The summed E-state index contributed by atoms with van der Waals surface area (Å²) in [4.78, 5) is 25.9. The normalized spacial score (nSPS) is 10.8. The maximum absolute atomic E-state index is 14.2. The molecule has 0 aliphatic carbocycles. The molecule has 0 saturated heterocycles. The van der Waals surface area contributed by atoms with Gasteiger partial charge in [-0.15, -0.1) is 22.7 Å². The zero-order valence-electron chi connectivity index (χ0n) is 32.8. The van der Waals surface area contributed by atoms with Crippen molar-refractivity contribution in [3.05, 3.63) is 238 Å². The Bertz CT molecular complexity index is 2870. The van der Waals surface area contributed by atoms with Crippen LogP contribution in [-0.2, 0) is 12.8 Å². The van der Waals surface area contributed by atoms with Crippen molar-refractivity contribution in [3.8, 4) is 42.9 Å². The molecule has 9 aromatic rings. The van der Waals surface area contributed by atoms with E-state index in [4.69, 9.17) is 9.98 Å². The van der Waals surface area contributed by atoms with Crippen LogP contribution in [0.25, 0.3) is 37.1 Å². The summed E-state index contributed by atoms with van der Waals surface area (Å²) in [7, 11) is 0. The number of para-hydroxylation sites is 1. The molecule has 0 saturated carbocycles. The van der Waals surface area contributed by atoms with Crippen molar-refractivity contribution >= 4 is 33.4 Å². The van der Waals surface area contributed by atoms with Crippen LogP contribution < -0.4 is 5.56 Å². The average Bonchev–Trinajstić information content (AvgIpc) is 3.99. The Labute approximate surface area is 356 Å². The van der Waals surface area contributed by atoms with Crippen molar-refractivity contribution in [3.63, 3.8) is 0 Å². The quantitative estimate of drug-likeness (QED) is 0.140. The van der Waals surface area contributed by atoms with Crippen LogP contribution in [0.3, 0.4) is 0 Å². The lowest BCUT2D eigenvalue weighted by Gasteiger charge is -2.15. The number of aromatic hydroxyl groups is 1. The van der Waals surface area contributed by atoms with Gasteiger partial charge < -0.3 is 5.11 Å².